The smallest absolute Gasteiger partial charge is 0.238 e. The highest BCUT2D eigenvalue weighted by molar-refractivity contribution is 7.89. The molecule has 7 heteroatoms. The fraction of sp³-hybridized carbons (Fsp3) is 0.0952. The van der Waals surface area contributed by atoms with Crippen molar-refractivity contribution >= 4 is 33.0 Å². The molecule has 0 atom stereocenters. The summed E-state index contributed by atoms with van der Waals surface area (Å²) in [5, 5.41) is 11.2. The summed E-state index contributed by atoms with van der Waals surface area (Å²) in [6, 6.07) is 23.5. The average molecular weight is 395 g/mol. The minimum Gasteiger partial charge on any atom is -0.356 e. The van der Waals surface area contributed by atoms with Crippen LogP contribution in [0.2, 0.25) is 0 Å². The maximum absolute atomic E-state index is 12.1. The standard InChI is InChI=1S/C21H21N3O3S/c22-28(26,27)20-13-6-16(7-14-20)8-15-21(25)24-19-11-9-18(10-12-19)23-17-4-2-1-3-5-17/h1-7,9-14,23H,8,15H2,(H,24,25)(H2,22,26,27). The van der Waals surface area contributed by atoms with Gasteiger partial charge in [-0.3, -0.25) is 4.79 Å². The molecule has 144 valence electrons. The van der Waals surface area contributed by atoms with Gasteiger partial charge in [-0.25, -0.2) is 13.6 Å². The molecular formula is C21H21N3O3S. The number of primary sulfonamides is 1. The number of anilines is 3. The van der Waals surface area contributed by atoms with Gasteiger partial charge in [0.1, 0.15) is 0 Å². The van der Waals surface area contributed by atoms with Crippen LogP contribution in [0.25, 0.3) is 0 Å². The number of hydrogen-bond donors (Lipinski definition) is 3. The third-order valence-corrected chi connectivity index (χ3v) is 5.05. The summed E-state index contributed by atoms with van der Waals surface area (Å²) >= 11 is 0. The molecule has 0 fully saturated rings. The normalized spacial score (nSPS) is 11.0. The van der Waals surface area contributed by atoms with Crippen LogP contribution >= 0.6 is 0 Å². The quantitative estimate of drug-likeness (QED) is 0.568. The maximum Gasteiger partial charge on any atom is 0.238 e. The topological polar surface area (TPSA) is 101 Å². The highest BCUT2D eigenvalue weighted by Gasteiger charge is 2.08. The number of rotatable bonds is 7. The lowest BCUT2D eigenvalue weighted by Gasteiger charge is -2.09. The summed E-state index contributed by atoms with van der Waals surface area (Å²) in [5.74, 6) is -0.112. The van der Waals surface area contributed by atoms with Gasteiger partial charge in [-0.1, -0.05) is 30.3 Å². The Hall–Kier alpha value is -3.16. The van der Waals surface area contributed by atoms with Crippen molar-refractivity contribution in [3.63, 3.8) is 0 Å². The van der Waals surface area contributed by atoms with Crippen LogP contribution in [0.1, 0.15) is 12.0 Å². The first kappa shape index (κ1) is 19.6. The van der Waals surface area contributed by atoms with Crippen LogP contribution in [-0.4, -0.2) is 14.3 Å². The summed E-state index contributed by atoms with van der Waals surface area (Å²) < 4.78 is 22.5. The minimum absolute atomic E-state index is 0.0601. The van der Waals surface area contributed by atoms with E-state index in [4.69, 9.17) is 5.14 Å². The third-order valence-electron chi connectivity index (χ3n) is 4.12. The van der Waals surface area contributed by atoms with Gasteiger partial charge in [-0.05, 0) is 60.5 Å². The molecule has 0 unspecified atom stereocenters. The lowest BCUT2D eigenvalue weighted by Crippen LogP contribution is -2.13. The first-order chi connectivity index (χ1) is 13.4. The van der Waals surface area contributed by atoms with E-state index in [1.807, 2.05) is 54.6 Å². The predicted octanol–water partition coefficient (Wildman–Crippen LogP) is 3.65. The van der Waals surface area contributed by atoms with Gasteiger partial charge in [0.15, 0.2) is 0 Å². The molecule has 0 radical (unpaired) electrons. The molecule has 3 aromatic rings. The second-order valence-electron chi connectivity index (χ2n) is 6.31. The Balaban J connectivity index is 1.50. The van der Waals surface area contributed by atoms with Crippen LogP contribution < -0.4 is 15.8 Å². The Labute approximate surface area is 164 Å². The molecule has 0 bridgehead atoms. The van der Waals surface area contributed by atoms with E-state index in [0.717, 1.165) is 16.9 Å². The van der Waals surface area contributed by atoms with Crippen LogP contribution in [0.15, 0.2) is 83.8 Å². The van der Waals surface area contributed by atoms with E-state index in [2.05, 4.69) is 10.6 Å². The van der Waals surface area contributed by atoms with Crippen molar-refractivity contribution in [1.29, 1.82) is 0 Å². The van der Waals surface area contributed by atoms with Crippen LogP contribution in [0, 0.1) is 0 Å². The van der Waals surface area contributed by atoms with Gasteiger partial charge in [0.05, 0.1) is 4.90 Å². The first-order valence-corrected chi connectivity index (χ1v) is 10.3. The Bertz CT molecular complexity index is 1030. The van der Waals surface area contributed by atoms with Crippen molar-refractivity contribution in [2.75, 3.05) is 10.6 Å². The van der Waals surface area contributed by atoms with Gasteiger partial charge in [0, 0.05) is 23.5 Å². The molecule has 4 N–H and O–H groups in total. The van der Waals surface area contributed by atoms with E-state index >= 15 is 0 Å². The van der Waals surface area contributed by atoms with E-state index in [9.17, 15) is 13.2 Å². The Morgan fingerprint density at radius 1 is 0.786 bits per heavy atom. The zero-order chi connectivity index (χ0) is 20.0. The Morgan fingerprint density at radius 2 is 1.36 bits per heavy atom. The summed E-state index contributed by atoms with van der Waals surface area (Å²) in [6.45, 7) is 0. The number of carbonyl (C=O) groups excluding carboxylic acids is 1. The SMILES string of the molecule is NS(=O)(=O)c1ccc(CCC(=O)Nc2ccc(Nc3ccccc3)cc2)cc1. The number of carbonyl (C=O) groups is 1. The fourth-order valence-electron chi connectivity index (χ4n) is 2.65. The van der Waals surface area contributed by atoms with Crippen molar-refractivity contribution in [1.82, 2.24) is 0 Å². The van der Waals surface area contributed by atoms with E-state index in [-0.39, 0.29) is 10.8 Å². The summed E-state index contributed by atoms with van der Waals surface area (Å²) in [6.07, 6.45) is 0.795. The van der Waals surface area contributed by atoms with E-state index in [0.29, 0.717) is 18.5 Å². The number of amides is 1. The number of hydrogen-bond acceptors (Lipinski definition) is 4. The zero-order valence-corrected chi connectivity index (χ0v) is 15.9. The number of nitrogens with one attached hydrogen (secondary N) is 2. The highest BCUT2D eigenvalue weighted by atomic mass is 32.2. The maximum atomic E-state index is 12.1. The second-order valence-corrected chi connectivity index (χ2v) is 7.87. The molecule has 0 aliphatic carbocycles. The van der Waals surface area contributed by atoms with Crippen molar-refractivity contribution in [3.05, 3.63) is 84.4 Å². The lowest BCUT2D eigenvalue weighted by atomic mass is 10.1. The van der Waals surface area contributed by atoms with E-state index in [1.165, 1.54) is 12.1 Å². The van der Waals surface area contributed by atoms with Crippen LogP contribution in [0.5, 0.6) is 0 Å². The molecule has 0 aliphatic rings. The van der Waals surface area contributed by atoms with Crippen molar-refractivity contribution < 1.29 is 13.2 Å². The molecule has 6 nitrogen and oxygen atoms in total. The van der Waals surface area contributed by atoms with Gasteiger partial charge >= 0.3 is 0 Å². The second kappa shape index (κ2) is 8.69. The molecule has 0 saturated carbocycles. The molecule has 0 spiro atoms. The zero-order valence-electron chi connectivity index (χ0n) is 15.1. The van der Waals surface area contributed by atoms with Gasteiger partial charge in [0.2, 0.25) is 15.9 Å². The monoisotopic (exact) mass is 395 g/mol. The molecule has 0 saturated heterocycles. The molecule has 28 heavy (non-hydrogen) atoms. The van der Waals surface area contributed by atoms with Gasteiger partial charge < -0.3 is 10.6 Å². The molecule has 3 rings (SSSR count). The van der Waals surface area contributed by atoms with Crippen molar-refractivity contribution in [2.45, 2.75) is 17.7 Å². The minimum atomic E-state index is -3.70. The fourth-order valence-corrected chi connectivity index (χ4v) is 3.17. The van der Waals surface area contributed by atoms with Gasteiger partial charge in [-0.2, -0.15) is 0 Å². The van der Waals surface area contributed by atoms with Crippen molar-refractivity contribution in [2.24, 2.45) is 5.14 Å². The number of nitrogens with two attached hydrogens (primary N) is 1. The first-order valence-electron chi connectivity index (χ1n) is 8.74. The summed E-state index contributed by atoms with van der Waals surface area (Å²) in [4.78, 5) is 12.2. The number of sulfonamides is 1. The average Bonchev–Trinajstić information content (AvgIpc) is 2.68. The molecule has 0 heterocycles. The number of benzene rings is 3. The Kier molecular flexibility index (Phi) is 6.08. The largest absolute Gasteiger partial charge is 0.356 e. The number of para-hydroxylation sites is 1. The van der Waals surface area contributed by atoms with Crippen LogP contribution in [0.3, 0.4) is 0 Å². The van der Waals surface area contributed by atoms with Gasteiger partial charge in [0.25, 0.3) is 0 Å². The van der Waals surface area contributed by atoms with Crippen LogP contribution in [0.4, 0.5) is 17.1 Å². The third kappa shape index (κ3) is 5.67. The van der Waals surface area contributed by atoms with E-state index in [1.54, 1.807) is 12.1 Å². The van der Waals surface area contributed by atoms with E-state index < -0.39 is 10.0 Å². The lowest BCUT2D eigenvalue weighted by molar-refractivity contribution is -0.116. The highest BCUT2D eigenvalue weighted by Crippen LogP contribution is 2.19. The molecule has 0 aromatic heterocycles. The molecular weight excluding hydrogens is 374 g/mol. The summed E-state index contributed by atoms with van der Waals surface area (Å²) in [5.41, 5.74) is 3.50. The van der Waals surface area contributed by atoms with Gasteiger partial charge in [-0.15, -0.1) is 0 Å². The summed E-state index contributed by atoms with van der Waals surface area (Å²) in [7, 11) is -3.70. The Morgan fingerprint density at radius 3 is 1.96 bits per heavy atom. The molecule has 1 amide bonds. The van der Waals surface area contributed by atoms with Crippen LogP contribution in [-0.2, 0) is 21.2 Å². The molecule has 3 aromatic carbocycles. The molecule has 0 aliphatic heterocycles. The predicted molar refractivity (Wildman–Crippen MR) is 111 cm³/mol. The number of aryl methyl sites for hydroxylation is 1. The van der Waals surface area contributed by atoms with Crippen molar-refractivity contribution in [3.8, 4) is 0 Å².